The van der Waals surface area contributed by atoms with Gasteiger partial charge in [-0.05, 0) is 0 Å². The van der Waals surface area contributed by atoms with Gasteiger partial charge in [0.1, 0.15) is 0 Å². The summed E-state index contributed by atoms with van der Waals surface area (Å²) >= 11 is -8.45. The van der Waals surface area contributed by atoms with E-state index in [1.165, 1.54) is 12.1 Å². The van der Waals surface area contributed by atoms with Crippen molar-refractivity contribution in [2.45, 2.75) is 0 Å². The van der Waals surface area contributed by atoms with E-state index in [-0.39, 0.29) is 7.14 Å². The van der Waals surface area contributed by atoms with Crippen LogP contribution in [0.15, 0.2) is 24.3 Å². The van der Waals surface area contributed by atoms with Gasteiger partial charge < -0.3 is 0 Å². The number of benzene rings is 1. The quantitative estimate of drug-likeness (QED) is 0.499. The van der Waals surface area contributed by atoms with Crippen LogP contribution in [0.2, 0.25) is 0 Å². The van der Waals surface area contributed by atoms with Crippen LogP contribution < -0.4 is 0 Å². The number of halogens is 6. The Kier molecular flexibility index (Phi) is 4.00. The summed E-state index contributed by atoms with van der Waals surface area (Å²) in [5, 5.41) is 0. The monoisotopic (exact) mass is 406 g/mol. The molecule has 0 aliphatic heterocycles. The molecule has 0 N–H and O–H groups in total. The second-order valence-electron chi connectivity index (χ2n) is 1.81. The summed E-state index contributed by atoms with van der Waals surface area (Å²) in [6, 6.07) is 4.98. The van der Waals surface area contributed by atoms with E-state index >= 15 is 0 Å². The third kappa shape index (κ3) is 2.44. The molecule has 0 nitrogen and oxygen atoms in total. The Morgan fingerprint density at radius 3 is 1.33 bits per heavy atom. The molecule has 0 aliphatic rings. The summed E-state index contributed by atoms with van der Waals surface area (Å²) in [5.74, 6) is 0. The molecule has 0 radical (unpaired) electrons. The van der Waals surface area contributed by atoms with Gasteiger partial charge in [-0.1, -0.05) is 0 Å². The van der Waals surface area contributed by atoms with E-state index in [2.05, 4.69) is 0 Å². The molecule has 6 heteroatoms. The van der Waals surface area contributed by atoms with Gasteiger partial charge in [-0.2, -0.15) is 0 Å². The summed E-state index contributed by atoms with van der Waals surface area (Å²) < 4.78 is 48.2. The van der Waals surface area contributed by atoms with E-state index in [0.717, 1.165) is 12.1 Å². The molecule has 0 aliphatic carbocycles. The molecule has 0 aromatic heterocycles. The molecule has 0 spiro atoms. The molecule has 0 heterocycles. The van der Waals surface area contributed by atoms with Crippen LogP contribution in [0.1, 0.15) is 0 Å². The van der Waals surface area contributed by atoms with Gasteiger partial charge in [0.05, 0.1) is 0 Å². The first kappa shape index (κ1) is 10.5. The first-order valence-electron chi connectivity index (χ1n) is 2.78. The minimum absolute atomic E-state index is 0.364. The molecule has 12 heavy (non-hydrogen) atoms. The van der Waals surface area contributed by atoms with Crippen molar-refractivity contribution in [3.8, 4) is 0 Å². The van der Waals surface area contributed by atoms with E-state index in [4.69, 9.17) is 0 Å². The molecule has 0 bridgehead atoms. The van der Waals surface area contributed by atoms with E-state index in [0.29, 0.717) is 0 Å². The summed E-state index contributed by atoms with van der Waals surface area (Å²) in [5.41, 5.74) is 0. The van der Waals surface area contributed by atoms with Crippen LogP contribution in [0.3, 0.4) is 0 Å². The normalized spacial score (nSPS) is 12.7. The molecule has 0 unspecified atom stereocenters. The van der Waals surface area contributed by atoms with Gasteiger partial charge in [-0.3, -0.25) is 0 Å². The average Bonchev–Trinajstić information content (AvgIpc) is 2.04. The fraction of sp³-hybridized carbons (Fsp3) is 0. The Labute approximate surface area is 84.2 Å². The average molecular weight is 406 g/mol. The first-order chi connectivity index (χ1) is 5.63. The maximum atomic E-state index is 12.2. The summed E-state index contributed by atoms with van der Waals surface area (Å²) in [7, 11) is 0. The fourth-order valence-corrected chi connectivity index (χ4v) is 4.84. The van der Waals surface area contributed by atoms with Gasteiger partial charge in [-0.15, -0.1) is 0 Å². The van der Waals surface area contributed by atoms with E-state index in [1.807, 2.05) is 0 Å². The van der Waals surface area contributed by atoms with Crippen molar-refractivity contribution in [2.24, 2.45) is 0 Å². The molecule has 1 aromatic carbocycles. The van der Waals surface area contributed by atoms with Crippen molar-refractivity contribution in [1.82, 2.24) is 0 Å². The number of hydrogen-bond donors (Lipinski definition) is 0. The topological polar surface area (TPSA) is 0 Å². The van der Waals surface area contributed by atoms with Crippen LogP contribution >= 0.6 is 41.9 Å². The molecule has 0 amide bonds. The molecule has 70 valence electrons. The number of hydrogen-bond acceptors (Lipinski definition) is 0. The van der Waals surface area contributed by atoms with Gasteiger partial charge >= 0.3 is 84.8 Å². The van der Waals surface area contributed by atoms with Crippen molar-refractivity contribution >= 4 is 41.9 Å². The van der Waals surface area contributed by atoms with Crippen LogP contribution in [0.4, 0.5) is 11.4 Å². The van der Waals surface area contributed by atoms with Crippen molar-refractivity contribution in [1.29, 1.82) is 0 Å². The van der Waals surface area contributed by atoms with Crippen molar-refractivity contribution in [3.05, 3.63) is 31.4 Å². The molecule has 0 fully saturated rings. The SMILES string of the molecule is FI(F)c1ccccc1I(F)F. The minimum atomic E-state index is -4.23. The van der Waals surface area contributed by atoms with Gasteiger partial charge in [0.2, 0.25) is 0 Å². The molecule has 1 rings (SSSR count). The molecule has 1 aromatic rings. The van der Waals surface area contributed by atoms with Crippen LogP contribution in [0, 0.1) is 7.14 Å². The molecular weight excluding hydrogens is 402 g/mol. The molecular formula is C6H4F4I2. The van der Waals surface area contributed by atoms with Crippen molar-refractivity contribution < 1.29 is 11.4 Å². The Morgan fingerprint density at radius 1 is 0.750 bits per heavy atom. The van der Waals surface area contributed by atoms with Gasteiger partial charge in [0, 0.05) is 0 Å². The summed E-state index contributed by atoms with van der Waals surface area (Å²) in [4.78, 5) is 0. The second kappa shape index (κ2) is 4.58. The Bertz CT molecular complexity index is 236. The second-order valence-corrected chi connectivity index (χ2v) is 6.38. The molecule has 0 saturated carbocycles. The third-order valence-corrected chi connectivity index (χ3v) is 5.80. The van der Waals surface area contributed by atoms with Crippen LogP contribution in [-0.4, -0.2) is 0 Å². The number of rotatable bonds is 2. The zero-order valence-corrected chi connectivity index (χ0v) is 9.89. The van der Waals surface area contributed by atoms with Gasteiger partial charge in [-0.25, -0.2) is 0 Å². The first-order valence-corrected chi connectivity index (χ1v) is 8.20. The summed E-state index contributed by atoms with van der Waals surface area (Å²) in [6.45, 7) is 0. The van der Waals surface area contributed by atoms with Gasteiger partial charge in [0.25, 0.3) is 0 Å². The van der Waals surface area contributed by atoms with E-state index in [9.17, 15) is 11.4 Å². The molecule has 0 saturated heterocycles. The third-order valence-electron chi connectivity index (χ3n) is 1.13. The van der Waals surface area contributed by atoms with Crippen LogP contribution in [0.25, 0.3) is 0 Å². The summed E-state index contributed by atoms with van der Waals surface area (Å²) in [6.07, 6.45) is 0. The Hall–Kier alpha value is 0.400. The zero-order chi connectivity index (χ0) is 9.14. The standard InChI is InChI=1S/C6H4F4I2/c7-11(8)5-3-1-2-4-6(5)12(9)10/h1-4H. The Morgan fingerprint density at radius 2 is 1.08 bits per heavy atom. The van der Waals surface area contributed by atoms with E-state index < -0.39 is 41.9 Å². The predicted molar refractivity (Wildman–Crippen MR) is 56.3 cm³/mol. The fourth-order valence-electron chi connectivity index (χ4n) is 0.671. The molecule has 0 atom stereocenters. The zero-order valence-electron chi connectivity index (χ0n) is 5.58. The van der Waals surface area contributed by atoms with Crippen LogP contribution in [-0.2, 0) is 0 Å². The van der Waals surface area contributed by atoms with Gasteiger partial charge in [0.15, 0.2) is 0 Å². The Balaban J connectivity index is 3.09. The van der Waals surface area contributed by atoms with E-state index in [1.54, 1.807) is 0 Å². The predicted octanol–water partition coefficient (Wildman–Crippen LogP) is 4.58. The maximum absolute atomic E-state index is 12.2. The van der Waals surface area contributed by atoms with Crippen LogP contribution in [0.5, 0.6) is 0 Å². The van der Waals surface area contributed by atoms with Crippen molar-refractivity contribution in [2.75, 3.05) is 0 Å². The van der Waals surface area contributed by atoms with Crippen molar-refractivity contribution in [3.63, 3.8) is 0 Å².